The highest BCUT2D eigenvalue weighted by Crippen LogP contribution is 2.12. The number of ether oxygens (including phenoxy) is 1. The summed E-state index contributed by atoms with van der Waals surface area (Å²) >= 11 is 3.37. The Kier molecular flexibility index (Phi) is 5.33. The smallest absolute Gasteiger partial charge is 0.227 e. The predicted molar refractivity (Wildman–Crippen MR) is 93.7 cm³/mol. The van der Waals surface area contributed by atoms with E-state index in [4.69, 9.17) is 4.74 Å². The molecule has 5 heteroatoms. The molecule has 0 saturated carbocycles. The van der Waals surface area contributed by atoms with Gasteiger partial charge in [0.25, 0.3) is 0 Å². The quantitative estimate of drug-likeness (QED) is 0.482. The maximum atomic E-state index is 12.2. The molecule has 1 aromatic carbocycles. The van der Waals surface area contributed by atoms with E-state index in [1.54, 1.807) is 6.20 Å². The topological polar surface area (TPSA) is 43.1 Å². The van der Waals surface area contributed by atoms with Crippen LogP contribution in [0.3, 0.4) is 0 Å². The molecule has 0 unspecified atom stereocenters. The second-order valence-electron chi connectivity index (χ2n) is 5.25. The summed E-state index contributed by atoms with van der Waals surface area (Å²) in [6.07, 6.45) is 5.42. The molecule has 2 aromatic heterocycles. The monoisotopic (exact) mass is 383 g/mol. The molecule has 24 heavy (non-hydrogen) atoms. The minimum absolute atomic E-state index is 0.0645. The van der Waals surface area contributed by atoms with Gasteiger partial charge in [0.1, 0.15) is 12.4 Å². The van der Waals surface area contributed by atoms with E-state index in [1.807, 2.05) is 71.6 Å². The lowest BCUT2D eigenvalue weighted by molar-refractivity contribution is -0.683. The zero-order chi connectivity index (χ0) is 16.8. The summed E-state index contributed by atoms with van der Waals surface area (Å²) in [4.78, 5) is 16.5. The molecule has 0 amide bonds. The Bertz CT molecular complexity index is 803. The van der Waals surface area contributed by atoms with Crippen LogP contribution in [0.25, 0.3) is 0 Å². The molecule has 0 atom stereocenters. The van der Waals surface area contributed by atoms with Crippen molar-refractivity contribution in [3.63, 3.8) is 0 Å². The number of Topliss-reactive ketones (excluding diaryl/α,β-unsaturated/α-hetero) is 1. The van der Waals surface area contributed by atoms with E-state index in [0.29, 0.717) is 18.7 Å². The third kappa shape index (κ3) is 4.49. The first-order valence-electron chi connectivity index (χ1n) is 7.51. The van der Waals surface area contributed by atoms with Gasteiger partial charge < -0.3 is 4.74 Å². The van der Waals surface area contributed by atoms with Gasteiger partial charge in [-0.1, -0.05) is 34.1 Å². The Morgan fingerprint density at radius 1 is 1.04 bits per heavy atom. The molecule has 0 radical (unpaired) electrons. The number of carbonyl (C=O) groups is 1. The van der Waals surface area contributed by atoms with Crippen molar-refractivity contribution in [2.45, 2.75) is 13.2 Å². The molecule has 3 rings (SSSR count). The number of ketones is 1. The van der Waals surface area contributed by atoms with Gasteiger partial charge in [-0.3, -0.25) is 9.78 Å². The van der Waals surface area contributed by atoms with Gasteiger partial charge in [0.2, 0.25) is 12.3 Å². The van der Waals surface area contributed by atoms with Gasteiger partial charge in [0, 0.05) is 28.4 Å². The molecule has 120 valence electrons. The van der Waals surface area contributed by atoms with E-state index < -0.39 is 0 Å². The van der Waals surface area contributed by atoms with E-state index in [1.165, 1.54) is 0 Å². The van der Waals surface area contributed by atoms with E-state index in [0.717, 1.165) is 15.9 Å². The minimum Gasteiger partial charge on any atom is -0.487 e. The normalized spacial score (nSPS) is 10.4. The summed E-state index contributed by atoms with van der Waals surface area (Å²) in [6.45, 7) is 0.713. The standard InChI is InChI=1S/C19H16BrN2O2/c20-16-6-4-15(5-7-16)19(23)13-22-11-8-18(9-12-22)24-14-17-3-1-2-10-21-17/h1-12H,13-14H2/q+1. The number of hydrogen-bond donors (Lipinski definition) is 0. The number of carbonyl (C=O) groups excluding carboxylic acids is 1. The molecule has 0 bridgehead atoms. The Balaban J connectivity index is 1.58. The SMILES string of the molecule is O=C(C[n+]1ccc(OCc2ccccn2)cc1)c1ccc(Br)cc1. The van der Waals surface area contributed by atoms with Crippen molar-refractivity contribution in [3.8, 4) is 5.75 Å². The van der Waals surface area contributed by atoms with Gasteiger partial charge in [0.05, 0.1) is 5.69 Å². The lowest BCUT2D eigenvalue weighted by Crippen LogP contribution is -2.36. The number of benzene rings is 1. The molecule has 4 nitrogen and oxygen atoms in total. The van der Waals surface area contributed by atoms with Gasteiger partial charge in [-0.2, -0.15) is 4.57 Å². The fourth-order valence-electron chi connectivity index (χ4n) is 2.18. The number of aromatic nitrogens is 2. The molecule has 0 aliphatic rings. The molecule has 0 spiro atoms. The van der Waals surface area contributed by atoms with Crippen molar-refractivity contribution in [2.24, 2.45) is 0 Å². The van der Waals surface area contributed by atoms with Crippen LogP contribution in [0.4, 0.5) is 0 Å². The fourth-order valence-corrected chi connectivity index (χ4v) is 2.44. The van der Waals surface area contributed by atoms with Crippen LogP contribution < -0.4 is 9.30 Å². The van der Waals surface area contributed by atoms with Crippen LogP contribution in [0.15, 0.2) is 77.7 Å². The van der Waals surface area contributed by atoms with E-state index >= 15 is 0 Å². The number of pyridine rings is 2. The lowest BCUT2D eigenvalue weighted by atomic mass is 10.1. The van der Waals surface area contributed by atoms with Crippen LogP contribution in [0, 0.1) is 0 Å². The molecule has 0 N–H and O–H groups in total. The molecule has 0 saturated heterocycles. The molecule has 0 fully saturated rings. The van der Waals surface area contributed by atoms with Gasteiger partial charge in [-0.15, -0.1) is 0 Å². The molecule has 0 aliphatic heterocycles. The highest BCUT2D eigenvalue weighted by Gasteiger charge is 2.12. The molecular formula is C19H16BrN2O2+. The summed E-state index contributed by atoms with van der Waals surface area (Å²) in [5, 5.41) is 0. The van der Waals surface area contributed by atoms with Gasteiger partial charge in [-0.25, -0.2) is 0 Å². The van der Waals surface area contributed by atoms with Crippen molar-refractivity contribution in [3.05, 3.63) is 88.9 Å². The maximum absolute atomic E-state index is 12.2. The van der Waals surface area contributed by atoms with Crippen LogP contribution in [-0.4, -0.2) is 10.8 Å². The summed E-state index contributed by atoms with van der Waals surface area (Å²) < 4.78 is 8.47. The van der Waals surface area contributed by atoms with E-state index in [-0.39, 0.29) is 5.78 Å². The van der Waals surface area contributed by atoms with Gasteiger partial charge in [-0.05, 0) is 24.3 Å². The largest absolute Gasteiger partial charge is 0.487 e. The first-order valence-corrected chi connectivity index (χ1v) is 8.30. The van der Waals surface area contributed by atoms with E-state index in [9.17, 15) is 4.79 Å². The Morgan fingerprint density at radius 2 is 1.79 bits per heavy atom. The molecule has 2 heterocycles. The first-order chi connectivity index (χ1) is 11.7. The fraction of sp³-hybridized carbons (Fsp3) is 0.105. The zero-order valence-electron chi connectivity index (χ0n) is 12.9. The van der Waals surface area contributed by atoms with Crippen LogP contribution in [0.2, 0.25) is 0 Å². The predicted octanol–water partition coefficient (Wildman–Crippen LogP) is 3.59. The van der Waals surface area contributed by atoms with Crippen molar-refractivity contribution in [2.75, 3.05) is 0 Å². The third-order valence-corrected chi connectivity index (χ3v) is 3.99. The Morgan fingerprint density at radius 3 is 2.46 bits per heavy atom. The van der Waals surface area contributed by atoms with Crippen LogP contribution in [0.5, 0.6) is 5.75 Å². The number of rotatable bonds is 6. The van der Waals surface area contributed by atoms with Gasteiger partial charge in [0.15, 0.2) is 12.4 Å². The Labute approximate surface area is 148 Å². The summed E-state index contributed by atoms with van der Waals surface area (Å²) in [5.41, 5.74) is 1.57. The Hall–Kier alpha value is -2.53. The molecular weight excluding hydrogens is 368 g/mol. The van der Waals surface area contributed by atoms with E-state index in [2.05, 4.69) is 20.9 Å². The van der Waals surface area contributed by atoms with Crippen LogP contribution in [-0.2, 0) is 13.2 Å². The van der Waals surface area contributed by atoms with Crippen molar-refractivity contribution < 1.29 is 14.1 Å². The third-order valence-electron chi connectivity index (χ3n) is 3.47. The van der Waals surface area contributed by atoms with Gasteiger partial charge >= 0.3 is 0 Å². The highest BCUT2D eigenvalue weighted by molar-refractivity contribution is 9.10. The van der Waals surface area contributed by atoms with Crippen molar-refractivity contribution >= 4 is 21.7 Å². The van der Waals surface area contributed by atoms with Crippen molar-refractivity contribution in [1.29, 1.82) is 0 Å². The number of halogens is 1. The van der Waals surface area contributed by atoms with Crippen LogP contribution >= 0.6 is 15.9 Å². The van der Waals surface area contributed by atoms with Crippen molar-refractivity contribution in [1.82, 2.24) is 4.98 Å². The highest BCUT2D eigenvalue weighted by atomic mass is 79.9. The summed E-state index contributed by atoms with van der Waals surface area (Å²) in [7, 11) is 0. The molecule has 0 aliphatic carbocycles. The number of nitrogens with zero attached hydrogens (tertiary/aromatic N) is 2. The summed E-state index contributed by atoms with van der Waals surface area (Å²) in [5.74, 6) is 0.808. The summed E-state index contributed by atoms with van der Waals surface area (Å²) in [6, 6.07) is 16.8. The lowest BCUT2D eigenvalue weighted by Gasteiger charge is -2.04. The zero-order valence-corrected chi connectivity index (χ0v) is 14.5. The van der Waals surface area contributed by atoms with Crippen LogP contribution in [0.1, 0.15) is 16.1 Å². The number of hydrogen-bond acceptors (Lipinski definition) is 3. The average Bonchev–Trinajstić information content (AvgIpc) is 2.62. The second kappa shape index (κ2) is 7.84. The maximum Gasteiger partial charge on any atom is 0.227 e. The molecule has 3 aromatic rings. The minimum atomic E-state index is 0.0645. The first kappa shape index (κ1) is 16.3. The second-order valence-corrected chi connectivity index (χ2v) is 6.16. The average molecular weight is 384 g/mol.